The van der Waals surface area contributed by atoms with Crippen molar-refractivity contribution in [1.82, 2.24) is 5.32 Å². The minimum atomic E-state index is -0.517. The van der Waals surface area contributed by atoms with E-state index >= 15 is 0 Å². The fraction of sp³-hybridized carbons (Fsp3) is 0.364. The molecule has 0 aliphatic heterocycles. The van der Waals surface area contributed by atoms with Crippen molar-refractivity contribution >= 4 is 6.03 Å². The van der Waals surface area contributed by atoms with E-state index in [-0.39, 0.29) is 0 Å². The Balaban J connectivity index is 2.41. The van der Waals surface area contributed by atoms with E-state index in [4.69, 9.17) is 11.5 Å². The molecule has 0 aromatic heterocycles. The normalized spacial score (nSPS) is 23.5. The van der Waals surface area contributed by atoms with E-state index in [0.29, 0.717) is 6.54 Å². The molecule has 0 bridgehead atoms. The maximum absolute atomic E-state index is 11.0. The molecule has 1 aromatic rings. The van der Waals surface area contributed by atoms with Gasteiger partial charge < -0.3 is 16.8 Å². The van der Waals surface area contributed by atoms with Gasteiger partial charge in [0.25, 0.3) is 0 Å². The van der Waals surface area contributed by atoms with Crippen LogP contribution in [0.25, 0.3) is 0 Å². The molecule has 2 amide bonds. The molecule has 0 saturated carbocycles. The van der Waals surface area contributed by atoms with Crippen LogP contribution in [-0.2, 0) is 12.0 Å². The van der Waals surface area contributed by atoms with Crippen LogP contribution in [-0.4, -0.2) is 12.6 Å². The number of hydrogen-bond acceptors (Lipinski definition) is 2. The Morgan fingerprint density at radius 1 is 1.47 bits per heavy atom. The summed E-state index contributed by atoms with van der Waals surface area (Å²) in [5.74, 6) is 0. The number of rotatable bonds is 2. The van der Waals surface area contributed by atoms with Crippen molar-refractivity contribution in [3.8, 4) is 0 Å². The maximum Gasteiger partial charge on any atom is 0.312 e. The summed E-state index contributed by atoms with van der Waals surface area (Å²) in [7, 11) is 0. The van der Waals surface area contributed by atoms with E-state index in [0.717, 1.165) is 18.4 Å². The highest BCUT2D eigenvalue weighted by Crippen LogP contribution is 2.35. The number of fused-ring (bicyclic) bond motifs is 1. The minimum Gasteiger partial charge on any atom is -0.352 e. The molecule has 2 rings (SSSR count). The predicted octanol–water partition coefficient (Wildman–Crippen LogP) is 0.455. The number of benzene rings is 1. The number of urea groups is 1. The molecule has 1 aliphatic carbocycles. The summed E-state index contributed by atoms with van der Waals surface area (Å²) in [5.41, 5.74) is 12.8. The van der Waals surface area contributed by atoms with E-state index in [9.17, 15) is 4.79 Å². The zero-order valence-corrected chi connectivity index (χ0v) is 8.49. The molecule has 5 N–H and O–H groups in total. The van der Waals surface area contributed by atoms with Crippen molar-refractivity contribution in [2.45, 2.75) is 18.4 Å². The molecule has 0 saturated heterocycles. The van der Waals surface area contributed by atoms with Crippen LogP contribution in [0.5, 0.6) is 0 Å². The minimum absolute atomic E-state index is 0.382. The van der Waals surface area contributed by atoms with Crippen LogP contribution in [0.3, 0.4) is 0 Å². The Hall–Kier alpha value is -1.55. The van der Waals surface area contributed by atoms with Crippen molar-refractivity contribution in [2.75, 3.05) is 6.54 Å². The van der Waals surface area contributed by atoms with Crippen LogP contribution < -0.4 is 16.8 Å². The lowest BCUT2D eigenvalue weighted by Crippen LogP contribution is -2.51. The lowest BCUT2D eigenvalue weighted by atomic mass is 9.92. The highest BCUT2D eigenvalue weighted by molar-refractivity contribution is 5.73. The van der Waals surface area contributed by atoms with Gasteiger partial charge in [-0.1, -0.05) is 24.3 Å². The first kappa shape index (κ1) is 9.98. The number of nitrogens with one attached hydrogen (secondary N) is 1. The van der Waals surface area contributed by atoms with Crippen LogP contribution in [0.2, 0.25) is 0 Å². The third kappa shape index (κ3) is 1.57. The largest absolute Gasteiger partial charge is 0.352 e. The standard InChI is InChI=1S/C11H15N3O/c12-7-11(14-10(13)15)6-5-8-3-1-2-4-9(8)11/h1-4H,5-7,12H2,(H3,13,14,15). The SMILES string of the molecule is NCC1(NC(N)=O)CCc2ccccc21. The lowest BCUT2D eigenvalue weighted by Gasteiger charge is -2.29. The zero-order chi connectivity index (χ0) is 10.9. The van der Waals surface area contributed by atoms with Gasteiger partial charge in [-0.2, -0.15) is 0 Å². The number of carbonyl (C=O) groups is 1. The molecule has 1 atom stereocenters. The zero-order valence-electron chi connectivity index (χ0n) is 8.49. The summed E-state index contributed by atoms with van der Waals surface area (Å²) in [6, 6.07) is 7.50. The van der Waals surface area contributed by atoms with E-state index in [1.807, 2.05) is 18.2 Å². The molecule has 0 heterocycles. The van der Waals surface area contributed by atoms with Crippen molar-refractivity contribution in [2.24, 2.45) is 11.5 Å². The van der Waals surface area contributed by atoms with Crippen molar-refractivity contribution in [1.29, 1.82) is 0 Å². The van der Waals surface area contributed by atoms with Gasteiger partial charge in [0.05, 0.1) is 5.54 Å². The van der Waals surface area contributed by atoms with Crippen molar-refractivity contribution < 1.29 is 4.79 Å². The van der Waals surface area contributed by atoms with Gasteiger partial charge in [0, 0.05) is 6.54 Å². The Labute approximate surface area is 88.6 Å². The fourth-order valence-corrected chi connectivity index (χ4v) is 2.32. The van der Waals surface area contributed by atoms with Gasteiger partial charge in [-0.3, -0.25) is 0 Å². The summed E-state index contributed by atoms with van der Waals surface area (Å²) in [5, 5.41) is 2.77. The third-order valence-electron chi connectivity index (χ3n) is 3.06. The molecule has 1 unspecified atom stereocenters. The third-order valence-corrected chi connectivity index (χ3v) is 3.06. The average Bonchev–Trinajstić information content (AvgIpc) is 2.58. The van der Waals surface area contributed by atoms with E-state index in [1.54, 1.807) is 0 Å². The first-order valence-electron chi connectivity index (χ1n) is 5.04. The lowest BCUT2D eigenvalue weighted by molar-refractivity contribution is 0.233. The highest BCUT2D eigenvalue weighted by Gasteiger charge is 2.38. The molecule has 4 nitrogen and oxygen atoms in total. The quantitative estimate of drug-likeness (QED) is 0.655. The molecule has 0 radical (unpaired) electrons. The van der Waals surface area contributed by atoms with Gasteiger partial charge >= 0.3 is 6.03 Å². The molecule has 1 aliphatic rings. The number of hydrogen-bond donors (Lipinski definition) is 3. The summed E-state index contributed by atoms with van der Waals surface area (Å²) in [6.07, 6.45) is 1.76. The second kappa shape index (κ2) is 3.55. The summed E-state index contributed by atoms with van der Waals surface area (Å²) in [4.78, 5) is 11.0. The Bertz CT molecular complexity index is 391. The van der Waals surface area contributed by atoms with Gasteiger partial charge in [-0.15, -0.1) is 0 Å². The van der Waals surface area contributed by atoms with Crippen molar-refractivity contribution in [3.05, 3.63) is 35.4 Å². The molecular formula is C11H15N3O. The van der Waals surface area contributed by atoms with Gasteiger partial charge in [-0.25, -0.2) is 4.79 Å². The van der Waals surface area contributed by atoms with Crippen LogP contribution in [0.4, 0.5) is 4.79 Å². The number of carbonyl (C=O) groups excluding carboxylic acids is 1. The summed E-state index contributed by atoms with van der Waals surface area (Å²) < 4.78 is 0. The monoisotopic (exact) mass is 205 g/mol. The Kier molecular flexibility index (Phi) is 2.36. The van der Waals surface area contributed by atoms with Gasteiger partial charge in [0.1, 0.15) is 0 Å². The second-order valence-corrected chi connectivity index (χ2v) is 3.93. The first-order valence-corrected chi connectivity index (χ1v) is 5.04. The Morgan fingerprint density at radius 3 is 2.87 bits per heavy atom. The summed E-state index contributed by atoms with van der Waals surface area (Å²) >= 11 is 0. The molecule has 0 spiro atoms. The Morgan fingerprint density at radius 2 is 2.20 bits per heavy atom. The van der Waals surface area contributed by atoms with Gasteiger partial charge in [0.2, 0.25) is 0 Å². The van der Waals surface area contributed by atoms with E-state index in [1.165, 1.54) is 5.56 Å². The molecular weight excluding hydrogens is 190 g/mol. The molecule has 80 valence electrons. The van der Waals surface area contributed by atoms with Gasteiger partial charge in [-0.05, 0) is 24.0 Å². The molecule has 4 heteroatoms. The van der Waals surface area contributed by atoms with Crippen LogP contribution in [0, 0.1) is 0 Å². The van der Waals surface area contributed by atoms with Gasteiger partial charge in [0.15, 0.2) is 0 Å². The molecule has 1 aromatic carbocycles. The smallest absolute Gasteiger partial charge is 0.312 e. The number of nitrogens with two attached hydrogens (primary N) is 2. The number of primary amides is 1. The maximum atomic E-state index is 11.0. The van der Waals surface area contributed by atoms with Crippen LogP contribution in [0.1, 0.15) is 17.5 Å². The van der Waals surface area contributed by atoms with E-state index in [2.05, 4.69) is 11.4 Å². The van der Waals surface area contributed by atoms with Crippen LogP contribution in [0.15, 0.2) is 24.3 Å². The molecule has 15 heavy (non-hydrogen) atoms. The topological polar surface area (TPSA) is 81.1 Å². The first-order chi connectivity index (χ1) is 7.18. The fourth-order valence-electron chi connectivity index (χ4n) is 2.32. The predicted molar refractivity (Wildman–Crippen MR) is 58.2 cm³/mol. The average molecular weight is 205 g/mol. The number of amides is 2. The second-order valence-electron chi connectivity index (χ2n) is 3.93. The molecule has 0 fully saturated rings. The van der Waals surface area contributed by atoms with Crippen LogP contribution >= 0.6 is 0 Å². The van der Waals surface area contributed by atoms with Crippen molar-refractivity contribution in [3.63, 3.8) is 0 Å². The van der Waals surface area contributed by atoms with E-state index < -0.39 is 11.6 Å². The highest BCUT2D eigenvalue weighted by atomic mass is 16.2. The summed E-state index contributed by atoms with van der Waals surface area (Å²) in [6.45, 7) is 0.382. The number of aryl methyl sites for hydroxylation is 1.